The van der Waals surface area contributed by atoms with Crippen molar-refractivity contribution in [1.29, 1.82) is 0 Å². The van der Waals surface area contributed by atoms with Crippen molar-refractivity contribution >= 4 is 22.0 Å². The van der Waals surface area contributed by atoms with E-state index in [2.05, 4.69) is 46.9 Å². The highest BCUT2D eigenvalue weighted by Crippen LogP contribution is 2.17. The van der Waals surface area contributed by atoms with E-state index in [0.717, 1.165) is 16.6 Å². The number of pyridine rings is 1. The van der Waals surface area contributed by atoms with Crippen LogP contribution < -0.4 is 0 Å². The molecule has 1 nitrogen and oxygen atoms in total. The Morgan fingerprint density at radius 3 is 2.92 bits per heavy atom. The normalized spacial score (nSPS) is 11.8. The van der Waals surface area contributed by atoms with E-state index in [1.165, 1.54) is 11.1 Å². The molecule has 0 spiro atoms. The zero-order chi connectivity index (χ0) is 9.84. The van der Waals surface area contributed by atoms with Gasteiger partial charge in [0.2, 0.25) is 0 Å². The van der Waals surface area contributed by atoms with Crippen LogP contribution >= 0.6 is 15.9 Å². The van der Waals surface area contributed by atoms with Crippen molar-refractivity contribution in [2.45, 2.75) is 27.2 Å². The summed E-state index contributed by atoms with van der Waals surface area (Å²) in [7, 11) is 0. The van der Waals surface area contributed by atoms with Crippen LogP contribution in [0.15, 0.2) is 22.3 Å². The van der Waals surface area contributed by atoms with Gasteiger partial charge >= 0.3 is 0 Å². The van der Waals surface area contributed by atoms with Gasteiger partial charge in [-0.1, -0.05) is 18.6 Å². The summed E-state index contributed by atoms with van der Waals surface area (Å²) in [4.78, 5) is 4.27. The first-order valence-corrected chi connectivity index (χ1v) is 5.22. The monoisotopic (exact) mass is 239 g/mol. The van der Waals surface area contributed by atoms with Crippen LogP contribution in [0.5, 0.6) is 0 Å². The molecule has 0 aromatic carbocycles. The predicted molar refractivity (Wildman–Crippen MR) is 60.6 cm³/mol. The Kier molecular flexibility index (Phi) is 3.67. The van der Waals surface area contributed by atoms with Crippen molar-refractivity contribution in [2.24, 2.45) is 0 Å². The lowest BCUT2D eigenvalue weighted by atomic mass is 10.1. The molecule has 0 bridgehead atoms. The second kappa shape index (κ2) is 4.56. The van der Waals surface area contributed by atoms with Crippen LogP contribution in [0.4, 0.5) is 0 Å². The first kappa shape index (κ1) is 10.5. The molecule has 70 valence electrons. The number of hydrogen-bond acceptors (Lipinski definition) is 1. The van der Waals surface area contributed by atoms with Gasteiger partial charge < -0.3 is 0 Å². The number of nitrogens with zero attached hydrogens (tertiary/aromatic N) is 1. The largest absolute Gasteiger partial charge is 0.260 e. The summed E-state index contributed by atoms with van der Waals surface area (Å²) in [5, 5.41) is 0. The van der Waals surface area contributed by atoms with E-state index in [1.54, 1.807) is 0 Å². The third-order valence-electron chi connectivity index (χ3n) is 2.05. The van der Waals surface area contributed by atoms with E-state index < -0.39 is 0 Å². The van der Waals surface area contributed by atoms with Crippen molar-refractivity contribution < 1.29 is 0 Å². The standard InChI is InChI=1S/C11H14BrN/c1-4-8(2)5-10-6-11(12)7-13-9(10)3/h5-7H,4H2,1-3H3/b8-5-. The minimum Gasteiger partial charge on any atom is -0.260 e. The molecule has 0 N–H and O–H groups in total. The van der Waals surface area contributed by atoms with Gasteiger partial charge in [0.25, 0.3) is 0 Å². The van der Waals surface area contributed by atoms with Crippen molar-refractivity contribution in [3.63, 3.8) is 0 Å². The molecule has 0 unspecified atom stereocenters. The molecule has 0 aliphatic heterocycles. The smallest absolute Gasteiger partial charge is 0.0445 e. The summed E-state index contributed by atoms with van der Waals surface area (Å²) >= 11 is 3.42. The third-order valence-corrected chi connectivity index (χ3v) is 2.49. The Morgan fingerprint density at radius 1 is 1.62 bits per heavy atom. The lowest BCUT2D eigenvalue weighted by Gasteiger charge is -2.01. The first-order valence-electron chi connectivity index (χ1n) is 4.42. The molecule has 0 saturated carbocycles. The van der Waals surface area contributed by atoms with Crippen LogP contribution in [-0.2, 0) is 0 Å². The number of rotatable bonds is 2. The second-order valence-corrected chi connectivity index (χ2v) is 4.09. The summed E-state index contributed by atoms with van der Waals surface area (Å²) in [6.07, 6.45) is 5.10. The van der Waals surface area contributed by atoms with E-state index >= 15 is 0 Å². The van der Waals surface area contributed by atoms with Crippen LogP contribution in [0.1, 0.15) is 31.5 Å². The Balaban J connectivity index is 3.07. The summed E-state index contributed by atoms with van der Waals surface area (Å²) < 4.78 is 1.04. The van der Waals surface area contributed by atoms with Crippen LogP contribution in [0, 0.1) is 6.92 Å². The summed E-state index contributed by atoms with van der Waals surface area (Å²) in [5.41, 5.74) is 3.66. The average Bonchev–Trinajstić information content (AvgIpc) is 2.11. The van der Waals surface area contributed by atoms with Gasteiger partial charge in [0.05, 0.1) is 0 Å². The van der Waals surface area contributed by atoms with E-state index in [1.807, 2.05) is 13.1 Å². The minimum absolute atomic E-state index is 1.04. The summed E-state index contributed by atoms with van der Waals surface area (Å²) in [6, 6.07) is 2.10. The van der Waals surface area contributed by atoms with Gasteiger partial charge in [0.1, 0.15) is 0 Å². The van der Waals surface area contributed by atoms with Crippen LogP contribution in [-0.4, -0.2) is 4.98 Å². The van der Waals surface area contributed by atoms with Gasteiger partial charge in [0, 0.05) is 16.4 Å². The topological polar surface area (TPSA) is 12.9 Å². The van der Waals surface area contributed by atoms with Gasteiger partial charge in [0.15, 0.2) is 0 Å². The van der Waals surface area contributed by atoms with Crippen LogP contribution in [0.2, 0.25) is 0 Å². The fraction of sp³-hybridized carbons (Fsp3) is 0.364. The Morgan fingerprint density at radius 2 is 2.31 bits per heavy atom. The van der Waals surface area contributed by atoms with Gasteiger partial charge in [-0.2, -0.15) is 0 Å². The average molecular weight is 240 g/mol. The Labute approximate surface area is 88.0 Å². The lowest BCUT2D eigenvalue weighted by molar-refractivity contribution is 1.11. The maximum absolute atomic E-state index is 4.27. The predicted octanol–water partition coefficient (Wildman–Crippen LogP) is 3.97. The minimum atomic E-state index is 1.04. The summed E-state index contributed by atoms with van der Waals surface area (Å²) in [5.74, 6) is 0. The summed E-state index contributed by atoms with van der Waals surface area (Å²) in [6.45, 7) is 6.33. The van der Waals surface area contributed by atoms with Crippen LogP contribution in [0.3, 0.4) is 0 Å². The number of aromatic nitrogens is 1. The SMILES string of the molecule is CC/C(C)=C\c1cc(Br)cnc1C. The zero-order valence-electron chi connectivity index (χ0n) is 8.26. The molecular weight excluding hydrogens is 226 g/mol. The number of hydrogen-bond donors (Lipinski definition) is 0. The molecule has 0 atom stereocenters. The van der Waals surface area contributed by atoms with Gasteiger partial charge in [-0.15, -0.1) is 0 Å². The first-order chi connectivity index (χ1) is 6.13. The maximum atomic E-state index is 4.27. The molecule has 1 aromatic rings. The molecule has 0 saturated heterocycles. The quantitative estimate of drug-likeness (QED) is 0.762. The highest BCUT2D eigenvalue weighted by atomic mass is 79.9. The molecule has 0 fully saturated rings. The second-order valence-electron chi connectivity index (χ2n) is 3.17. The van der Waals surface area contributed by atoms with Gasteiger partial charge in [-0.3, -0.25) is 4.98 Å². The molecule has 0 aliphatic rings. The molecule has 1 aromatic heterocycles. The molecule has 1 heterocycles. The van der Waals surface area contributed by atoms with E-state index in [9.17, 15) is 0 Å². The van der Waals surface area contributed by atoms with Crippen molar-refractivity contribution in [2.75, 3.05) is 0 Å². The fourth-order valence-corrected chi connectivity index (χ4v) is 1.39. The van der Waals surface area contributed by atoms with Gasteiger partial charge in [-0.25, -0.2) is 0 Å². The van der Waals surface area contributed by atoms with Crippen molar-refractivity contribution in [3.8, 4) is 0 Å². The number of allylic oxidation sites excluding steroid dienone is 1. The highest BCUT2D eigenvalue weighted by Gasteiger charge is 1.97. The van der Waals surface area contributed by atoms with Crippen molar-refractivity contribution in [3.05, 3.63) is 33.6 Å². The van der Waals surface area contributed by atoms with Crippen molar-refractivity contribution in [1.82, 2.24) is 4.98 Å². The molecule has 2 heteroatoms. The zero-order valence-corrected chi connectivity index (χ0v) is 9.85. The number of halogens is 1. The number of aryl methyl sites for hydroxylation is 1. The van der Waals surface area contributed by atoms with Gasteiger partial charge in [-0.05, 0) is 47.8 Å². The molecule has 1 rings (SSSR count). The van der Waals surface area contributed by atoms with E-state index in [4.69, 9.17) is 0 Å². The Bertz CT molecular complexity index is 329. The lowest BCUT2D eigenvalue weighted by Crippen LogP contribution is -1.86. The molecule has 13 heavy (non-hydrogen) atoms. The van der Waals surface area contributed by atoms with E-state index in [0.29, 0.717) is 0 Å². The molecule has 0 radical (unpaired) electrons. The van der Waals surface area contributed by atoms with Crippen LogP contribution in [0.25, 0.3) is 6.08 Å². The molecule has 0 amide bonds. The fourth-order valence-electron chi connectivity index (χ4n) is 1.04. The molecular formula is C11H14BrN. The highest BCUT2D eigenvalue weighted by molar-refractivity contribution is 9.10. The molecule has 0 aliphatic carbocycles. The van der Waals surface area contributed by atoms with E-state index in [-0.39, 0.29) is 0 Å². The maximum Gasteiger partial charge on any atom is 0.0445 e. The third kappa shape index (κ3) is 2.96. The Hall–Kier alpha value is -0.630.